The predicted molar refractivity (Wildman–Crippen MR) is 101 cm³/mol. The molecule has 1 aromatic carbocycles. The monoisotopic (exact) mass is 356 g/mol. The van der Waals surface area contributed by atoms with Crippen molar-refractivity contribution >= 4 is 28.5 Å². The maximum absolute atomic E-state index is 12.1. The molecule has 0 fully saturated rings. The van der Waals surface area contributed by atoms with Gasteiger partial charge in [-0.2, -0.15) is 0 Å². The largest absolute Gasteiger partial charge is 0.454 e. The third-order valence-electron chi connectivity index (χ3n) is 4.06. The molecule has 0 atom stereocenters. The van der Waals surface area contributed by atoms with E-state index in [4.69, 9.17) is 10.1 Å². The number of hydrogen-bond donors (Lipinski definition) is 3. The van der Waals surface area contributed by atoms with Gasteiger partial charge in [0.1, 0.15) is 6.54 Å². The Morgan fingerprint density at radius 3 is 2.58 bits per heavy atom. The van der Waals surface area contributed by atoms with Crippen LogP contribution in [0, 0.1) is 12.3 Å². The fraction of sp³-hybridized carbons (Fsp3) is 0.316. The van der Waals surface area contributed by atoms with Gasteiger partial charge in [-0.15, -0.1) is 0 Å². The summed E-state index contributed by atoms with van der Waals surface area (Å²) in [6, 6.07) is 9.77. The third kappa shape index (κ3) is 4.50. The van der Waals surface area contributed by atoms with Crippen LogP contribution in [0.15, 0.2) is 41.7 Å². The Kier molecular flexibility index (Phi) is 6.16. The lowest BCUT2D eigenvalue weighted by atomic mass is 10.2. The van der Waals surface area contributed by atoms with Gasteiger partial charge < -0.3 is 25.3 Å². The number of nitrogens with zero attached hydrogens (tertiary/aromatic N) is 1. The number of benzene rings is 1. The molecule has 0 saturated carbocycles. The molecule has 0 aliphatic rings. The number of ether oxygens (including phenoxy) is 1. The molecule has 138 valence electrons. The van der Waals surface area contributed by atoms with E-state index in [-0.39, 0.29) is 12.3 Å². The molecule has 0 aliphatic carbocycles. The number of fused-ring (bicyclic) bond motifs is 1. The zero-order chi connectivity index (χ0) is 19.3. The van der Waals surface area contributed by atoms with Crippen LogP contribution >= 0.6 is 0 Å². The molecule has 0 saturated heterocycles. The highest BCUT2D eigenvalue weighted by Gasteiger charge is 2.14. The smallest absolute Gasteiger partial charge is 0.326 e. The van der Waals surface area contributed by atoms with Crippen LogP contribution in [0.5, 0.6) is 0 Å². The van der Waals surface area contributed by atoms with Crippen molar-refractivity contribution in [3.63, 3.8) is 0 Å². The van der Waals surface area contributed by atoms with E-state index in [0.717, 1.165) is 16.6 Å². The number of carbonyl (C=O) groups is 2. The first-order valence-electron chi connectivity index (χ1n) is 8.28. The summed E-state index contributed by atoms with van der Waals surface area (Å²) < 4.78 is 6.94. The summed E-state index contributed by atoms with van der Waals surface area (Å²) in [5.74, 6) is -0.976. The van der Waals surface area contributed by atoms with Gasteiger partial charge in [0.05, 0.1) is 11.4 Å². The highest BCUT2D eigenvalue weighted by Crippen LogP contribution is 2.19. The lowest BCUT2D eigenvalue weighted by Crippen LogP contribution is -2.33. The number of hydrogen-bond acceptors (Lipinski definition) is 5. The number of aromatic nitrogens is 1. The zero-order valence-electron chi connectivity index (χ0n) is 15.5. The van der Waals surface area contributed by atoms with E-state index in [1.165, 1.54) is 0 Å². The summed E-state index contributed by atoms with van der Waals surface area (Å²) >= 11 is 0. The number of allylic oxidation sites excluding steroid dienone is 2. The van der Waals surface area contributed by atoms with Crippen LogP contribution in [-0.2, 0) is 20.9 Å². The molecule has 1 aromatic heterocycles. The fourth-order valence-corrected chi connectivity index (χ4v) is 2.65. The Labute approximate surface area is 152 Å². The second-order valence-electron chi connectivity index (χ2n) is 6.01. The van der Waals surface area contributed by atoms with E-state index >= 15 is 0 Å². The molecule has 0 radical (unpaired) electrons. The second-order valence-corrected chi connectivity index (χ2v) is 6.01. The minimum absolute atomic E-state index is 0.0362. The molecule has 2 aromatic rings. The molecule has 1 amide bonds. The first-order valence-corrected chi connectivity index (χ1v) is 8.28. The van der Waals surface area contributed by atoms with Gasteiger partial charge in [0.2, 0.25) is 0 Å². The average Bonchev–Trinajstić information content (AvgIpc) is 2.92. The van der Waals surface area contributed by atoms with Gasteiger partial charge in [0.15, 0.2) is 6.61 Å². The molecular formula is C19H24N4O3. The summed E-state index contributed by atoms with van der Waals surface area (Å²) in [4.78, 5) is 24.1. The van der Waals surface area contributed by atoms with Crippen LogP contribution in [-0.4, -0.2) is 35.8 Å². The molecule has 0 spiro atoms. The Morgan fingerprint density at radius 1 is 1.23 bits per heavy atom. The van der Waals surface area contributed by atoms with Crippen molar-refractivity contribution in [2.45, 2.75) is 27.3 Å². The SMILES string of the molecule is CN/C(C)=C(/NC(=O)COC(=O)Cn1c(C)cc2ccccc21)C(C)=N. The van der Waals surface area contributed by atoms with Crippen LogP contribution in [0.1, 0.15) is 19.5 Å². The number of aryl methyl sites for hydroxylation is 1. The minimum atomic E-state index is -0.493. The molecule has 7 nitrogen and oxygen atoms in total. The topological polar surface area (TPSA) is 96.2 Å². The molecule has 2 rings (SSSR count). The average molecular weight is 356 g/mol. The highest BCUT2D eigenvalue weighted by molar-refractivity contribution is 6.00. The first-order chi connectivity index (χ1) is 12.3. The van der Waals surface area contributed by atoms with Crippen molar-refractivity contribution < 1.29 is 14.3 Å². The van der Waals surface area contributed by atoms with Crippen molar-refractivity contribution in [2.24, 2.45) is 0 Å². The molecular weight excluding hydrogens is 332 g/mol. The van der Waals surface area contributed by atoms with Gasteiger partial charge in [0, 0.05) is 24.0 Å². The van der Waals surface area contributed by atoms with Crippen molar-refractivity contribution in [3.05, 3.63) is 47.4 Å². The van der Waals surface area contributed by atoms with E-state index in [2.05, 4.69) is 10.6 Å². The molecule has 0 aliphatic heterocycles. The quantitative estimate of drug-likeness (QED) is 0.523. The Morgan fingerprint density at radius 2 is 1.92 bits per heavy atom. The van der Waals surface area contributed by atoms with Gasteiger partial charge in [-0.1, -0.05) is 18.2 Å². The van der Waals surface area contributed by atoms with Crippen LogP contribution in [0.25, 0.3) is 10.9 Å². The number of rotatable bonds is 7. The van der Waals surface area contributed by atoms with Crippen LogP contribution in [0.3, 0.4) is 0 Å². The molecule has 1 heterocycles. The maximum atomic E-state index is 12.1. The lowest BCUT2D eigenvalue weighted by molar-refractivity contribution is -0.148. The van der Waals surface area contributed by atoms with Crippen molar-refractivity contribution in [3.8, 4) is 0 Å². The third-order valence-corrected chi connectivity index (χ3v) is 4.06. The van der Waals surface area contributed by atoms with E-state index in [1.807, 2.05) is 41.8 Å². The van der Waals surface area contributed by atoms with Crippen LogP contribution in [0.2, 0.25) is 0 Å². The summed E-state index contributed by atoms with van der Waals surface area (Å²) in [6.07, 6.45) is 0. The van der Waals surface area contributed by atoms with Crippen molar-refractivity contribution in [1.82, 2.24) is 15.2 Å². The van der Waals surface area contributed by atoms with Crippen molar-refractivity contribution in [1.29, 1.82) is 5.41 Å². The van der Waals surface area contributed by atoms with Gasteiger partial charge in [0.25, 0.3) is 5.91 Å². The van der Waals surface area contributed by atoms with E-state index in [0.29, 0.717) is 11.4 Å². The minimum Gasteiger partial charge on any atom is -0.454 e. The Hall–Kier alpha value is -3.09. The van der Waals surface area contributed by atoms with Crippen LogP contribution < -0.4 is 10.6 Å². The molecule has 26 heavy (non-hydrogen) atoms. The number of carbonyl (C=O) groups excluding carboxylic acids is 2. The van der Waals surface area contributed by atoms with E-state index in [1.54, 1.807) is 20.9 Å². The van der Waals surface area contributed by atoms with Gasteiger partial charge in [-0.3, -0.25) is 9.59 Å². The summed E-state index contributed by atoms with van der Waals surface area (Å²) in [5, 5.41) is 14.2. The van der Waals surface area contributed by atoms with Crippen molar-refractivity contribution in [2.75, 3.05) is 13.7 Å². The summed E-state index contributed by atoms with van der Waals surface area (Å²) in [5.41, 5.74) is 3.14. The fourth-order valence-electron chi connectivity index (χ4n) is 2.65. The molecule has 0 bridgehead atoms. The van der Waals surface area contributed by atoms with Gasteiger partial charge in [-0.05, 0) is 38.3 Å². The number of esters is 1. The van der Waals surface area contributed by atoms with E-state index in [9.17, 15) is 9.59 Å². The van der Waals surface area contributed by atoms with Gasteiger partial charge >= 0.3 is 5.97 Å². The molecule has 3 N–H and O–H groups in total. The highest BCUT2D eigenvalue weighted by atomic mass is 16.5. The normalized spacial score (nSPS) is 11.7. The second kappa shape index (κ2) is 8.33. The zero-order valence-corrected chi connectivity index (χ0v) is 15.5. The molecule has 0 unspecified atom stereocenters. The summed E-state index contributed by atoms with van der Waals surface area (Å²) in [6.45, 7) is 4.88. The predicted octanol–water partition coefficient (Wildman–Crippen LogP) is 2.10. The number of nitrogens with one attached hydrogen (secondary N) is 3. The lowest BCUT2D eigenvalue weighted by Gasteiger charge is -2.13. The number of para-hydroxylation sites is 1. The Balaban J connectivity index is 1.97. The van der Waals surface area contributed by atoms with Gasteiger partial charge in [-0.25, -0.2) is 0 Å². The summed E-state index contributed by atoms with van der Waals surface area (Å²) in [7, 11) is 1.70. The molecule has 7 heteroatoms. The first kappa shape index (κ1) is 19.2. The Bertz CT molecular complexity index is 880. The number of amides is 1. The maximum Gasteiger partial charge on any atom is 0.326 e. The standard InChI is InChI=1S/C19H24N4O3/c1-12-9-15-7-5-6-8-16(15)23(12)10-18(25)26-11-17(24)22-19(13(2)20)14(3)21-4/h5-9,20-21H,10-11H2,1-4H3,(H,22,24)/b19-14+,20-13?. The van der Waals surface area contributed by atoms with Crippen LogP contribution in [0.4, 0.5) is 0 Å². The van der Waals surface area contributed by atoms with E-state index < -0.39 is 18.5 Å².